The Morgan fingerprint density at radius 2 is 2.31 bits per heavy atom. The molecule has 0 spiro atoms. The van der Waals surface area contributed by atoms with Gasteiger partial charge in [0.2, 0.25) is 0 Å². The molecule has 0 aliphatic carbocycles. The van der Waals surface area contributed by atoms with Crippen LogP contribution < -0.4 is 5.48 Å². The van der Waals surface area contributed by atoms with Gasteiger partial charge >= 0.3 is 5.97 Å². The second-order valence-electron chi connectivity index (χ2n) is 2.70. The maximum Gasteiger partial charge on any atom is 0.332 e. The molecule has 0 unspecified atom stereocenters. The number of benzene rings is 1. The van der Waals surface area contributed by atoms with E-state index in [1.807, 2.05) is 0 Å². The van der Waals surface area contributed by atoms with E-state index < -0.39 is 17.5 Å². The topological polar surface area (TPSA) is 102 Å². The Kier molecular flexibility index (Phi) is 4.03. The van der Waals surface area contributed by atoms with E-state index in [1.54, 1.807) is 0 Å². The largest absolute Gasteiger partial charge is 0.479 e. The average molecular weight is 247 g/mol. The molecule has 16 heavy (non-hydrogen) atoms. The van der Waals surface area contributed by atoms with E-state index in [9.17, 15) is 14.9 Å². The highest BCUT2D eigenvalue weighted by atomic mass is 35.5. The van der Waals surface area contributed by atoms with Crippen molar-refractivity contribution in [3.63, 3.8) is 0 Å². The van der Waals surface area contributed by atoms with Gasteiger partial charge in [0.25, 0.3) is 5.69 Å². The lowest BCUT2D eigenvalue weighted by Crippen LogP contribution is -2.12. The average Bonchev–Trinajstić information content (AvgIpc) is 2.19. The predicted octanol–water partition coefficient (Wildman–Crippen LogP) is 1.68. The van der Waals surface area contributed by atoms with Gasteiger partial charge in [-0.2, -0.15) is 0 Å². The van der Waals surface area contributed by atoms with Crippen molar-refractivity contribution in [1.29, 1.82) is 0 Å². The summed E-state index contributed by atoms with van der Waals surface area (Å²) >= 11 is 5.58. The smallest absolute Gasteiger partial charge is 0.332 e. The number of carboxylic acids is 1. The Balaban J connectivity index is 2.78. The zero-order valence-corrected chi connectivity index (χ0v) is 8.60. The molecule has 2 N–H and O–H groups in total. The molecule has 1 aromatic carbocycles. The maximum absolute atomic E-state index is 10.6. The second kappa shape index (κ2) is 5.29. The Bertz CT molecular complexity index is 423. The molecule has 0 fully saturated rings. The Morgan fingerprint density at radius 1 is 1.62 bits per heavy atom. The number of anilines is 1. The van der Waals surface area contributed by atoms with Crippen molar-refractivity contribution in [2.24, 2.45) is 0 Å². The lowest BCUT2D eigenvalue weighted by atomic mass is 10.3. The first-order valence-corrected chi connectivity index (χ1v) is 4.42. The summed E-state index contributed by atoms with van der Waals surface area (Å²) in [7, 11) is 0. The van der Waals surface area contributed by atoms with Crippen molar-refractivity contribution in [2.45, 2.75) is 0 Å². The fourth-order valence-electron chi connectivity index (χ4n) is 0.918. The summed E-state index contributed by atoms with van der Waals surface area (Å²) in [4.78, 5) is 24.6. The molecule has 0 aromatic heterocycles. The quantitative estimate of drug-likeness (QED) is 0.605. The molecular formula is C8H7ClN2O5. The number of aliphatic carboxylic acids is 1. The lowest BCUT2D eigenvalue weighted by molar-refractivity contribution is -0.384. The van der Waals surface area contributed by atoms with Gasteiger partial charge in [-0.05, 0) is 12.1 Å². The van der Waals surface area contributed by atoms with Crippen LogP contribution in [0.2, 0.25) is 5.02 Å². The number of rotatable bonds is 5. The predicted molar refractivity (Wildman–Crippen MR) is 55.3 cm³/mol. The van der Waals surface area contributed by atoms with Crippen molar-refractivity contribution in [3.8, 4) is 0 Å². The normalized spacial score (nSPS) is 9.81. The van der Waals surface area contributed by atoms with Gasteiger partial charge in [0, 0.05) is 11.1 Å². The SMILES string of the molecule is O=C(O)CONc1ccc(Cl)cc1[N+](=O)[O-]. The van der Waals surface area contributed by atoms with Crippen LogP contribution >= 0.6 is 11.6 Å². The minimum absolute atomic E-state index is 0.0376. The van der Waals surface area contributed by atoms with Gasteiger partial charge in [-0.1, -0.05) is 11.6 Å². The van der Waals surface area contributed by atoms with Crippen LogP contribution in [0.25, 0.3) is 0 Å². The summed E-state index contributed by atoms with van der Waals surface area (Å²) in [5.74, 6) is -1.19. The zero-order valence-electron chi connectivity index (χ0n) is 7.84. The van der Waals surface area contributed by atoms with Gasteiger partial charge < -0.3 is 5.11 Å². The summed E-state index contributed by atoms with van der Waals surface area (Å²) in [6.07, 6.45) is 0. The number of nitro benzene ring substituents is 1. The minimum Gasteiger partial charge on any atom is -0.479 e. The molecule has 0 radical (unpaired) electrons. The van der Waals surface area contributed by atoms with Crippen LogP contribution in [0.4, 0.5) is 11.4 Å². The van der Waals surface area contributed by atoms with E-state index in [4.69, 9.17) is 16.7 Å². The van der Waals surface area contributed by atoms with Crippen LogP contribution in [0, 0.1) is 10.1 Å². The van der Waals surface area contributed by atoms with Gasteiger partial charge in [-0.25, -0.2) is 4.79 Å². The number of hydrogen-bond acceptors (Lipinski definition) is 5. The first kappa shape index (κ1) is 12.2. The first-order valence-electron chi connectivity index (χ1n) is 4.04. The zero-order chi connectivity index (χ0) is 12.1. The molecule has 1 rings (SSSR count). The van der Waals surface area contributed by atoms with Crippen LogP contribution in [0.3, 0.4) is 0 Å². The molecule has 1 aromatic rings. The summed E-state index contributed by atoms with van der Waals surface area (Å²) in [6, 6.07) is 3.87. The molecule has 0 saturated heterocycles. The molecular weight excluding hydrogens is 240 g/mol. The van der Waals surface area contributed by atoms with E-state index >= 15 is 0 Å². The van der Waals surface area contributed by atoms with Gasteiger partial charge in [0.15, 0.2) is 6.61 Å². The van der Waals surface area contributed by atoms with Crippen LogP contribution in [-0.4, -0.2) is 22.6 Å². The van der Waals surface area contributed by atoms with E-state index in [1.165, 1.54) is 12.1 Å². The van der Waals surface area contributed by atoms with Crippen LogP contribution in [0.5, 0.6) is 0 Å². The Hall–Kier alpha value is -1.86. The van der Waals surface area contributed by atoms with Gasteiger partial charge in [-0.3, -0.25) is 20.4 Å². The number of halogens is 1. The highest BCUT2D eigenvalue weighted by molar-refractivity contribution is 6.30. The standard InChI is InChI=1S/C8H7ClN2O5/c9-5-1-2-6(7(3-5)11(14)15)10-16-4-8(12)13/h1-3,10H,4H2,(H,12,13). The van der Waals surface area contributed by atoms with E-state index in [2.05, 4.69) is 10.3 Å². The molecule has 0 aliphatic heterocycles. The Morgan fingerprint density at radius 3 is 2.88 bits per heavy atom. The Labute approximate surface area is 94.7 Å². The molecule has 0 heterocycles. The van der Waals surface area contributed by atoms with Crippen molar-refractivity contribution in [2.75, 3.05) is 12.1 Å². The third-order valence-electron chi connectivity index (χ3n) is 1.53. The highest BCUT2D eigenvalue weighted by Gasteiger charge is 2.14. The minimum atomic E-state index is -1.19. The second-order valence-corrected chi connectivity index (χ2v) is 3.14. The third-order valence-corrected chi connectivity index (χ3v) is 1.77. The van der Waals surface area contributed by atoms with Crippen molar-refractivity contribution in [3.05, 3.63) is 33.3 Å². The molecule has 0 atom stereocenters. The number of nitro groups is 1. The van der Waals surface area contributed by atoms with E-state index in [0.717, 1.165) is 6.07 Å². The molecule has 86 valence electrons. The highest BCUT2D eigenvalue weighted by Crippen LogP contribution is 2.27. The first-order chi connectivity index (χ1) is 7.50. The molecule has 7 nitrogen and oxygen atoms in total. The van der Waals surface area contributed by atoms with Crippen LogP contribution in [0.15, 0.2) is 18.2 Å². The summed E-state index contributed by atoms with van der Waals surface area (Å²) in [5.41, 5.74) is 1.92. The number of carboxylic acid groups (broad SMARTS) is 1. The maximum atomic E-state index is 10.6. The van der Waals surface area contributed by atoms with Crippen molar-refractivity contribution < 1.29 is 19.7 Å². The summed E-state index contributed by atoms with van der Waals surface area (Å²) in [6.45, 7) is -0.611. The summed E-state index contributed by atoms with van der Waals surface area (Å²) in [5, 5.41) is 19.1. The molecule has 0 bridgehead atoms. The van der Waals surface area contributed by atoms with E-state index in [0.29, 0.717) is 0 Å². The number of nitrogens with zero attached hydrogens (tertiary/aromatic N) is 1. The fourth-order valence-corrected chi connectivity index (χ4v) is 1.08. The number of hydrogen-bond donors (Lipinski definition) is 2. The number of carbonyl (C=O) groups is 1. The number of nitrogens with one attached hydrogen (secondary N) is 1. The van der Waals surface area contributed by atoms with Crippen molar-refractivity contribution in [1.82, 2.24) is 0 Å². The summed E-state index contributed by atoms with van der Waals surface area (Å²) < 4.78 is 0. The molecule has 0 saturated carbocycles. The molecule has 0 amide bonds. The lowest BCUT2D eigenvalue weighted by Gasteiger charge is -2.05. The van der Waals surface area contributed by atoms with E-state index in [-0.39, 0.29) is 16.4 Å². The third kappa shape index (κ3) is 3.37. The van der Waals surface area contributed by atoms with Crippen LogP contribution in [-0.2, 0) is 9.63 Å². The van der Waals surface area contributed by atoms with Gasteiger partial charge in [0.05, 0.1) is 4.92 Å². The van der Waals surface area contributed by atoms with Crippen LogP contribution in [0.1, 0.15) is 0 Å². The van der Waals surface area contributed by atoms with Gasteiger partial charge in [0.1, 0.15) is 5.69 Å². The monoisotopic (exact) mass is 246 g/mol. The molecule has 0 aliphatic rings. The van der Waals surface area contributed by atoms with Crippen molar-refractivity contribution >= 4 is 28.9 Å². The molecule has 8 heteroatoms. The fraction of sp³-hybridized carbons (Fsp3) is 0.125. The van der Waals surface area contributed by atoms with Gasteiger partial charge in [-0.15, -0.1) is 0 Å².